The zero-order valence-electron chi connectivity index (χ0n) is 9.84. The third-order valence-corrected chi connectivity index (χ3v) is 5.49. The van der Waals surface area contributed by atoms with Gasteiger partial charge >= 0.3 is 0 Å². The number of halogens is 2. The Hall–Kier alpha value is 0.240. The molecule has 0 saturated carbocycles. The Bertz CT molecular complexity index is 497. The van der Waals surface area contributed by atoms with E-state index in [0.29, 0.717) is 6.04 Å². The lowest BCUT2D eigenvalue weighted by molar-refractivity contribution is -0.886. The number of hydrogen-bond acceptors (Lipinski definition) is 2. The highest BCUT2D eigenvalue weighted by Gasteiger charge is 2.58. The van der Waals surface area contributed by atoms with Gasteiger partial charge in [-0.05, 0) is 47.1 Å². The summed E-state index contributed by atoms with van der Waals surface area (Å²) in [6.07, 6.45) is 8.66. The molecule has 1 spiro atoms. The number of fused-ring (bicyclic) bond motifs is 3. The van der Waals surface area contributed by atoms with Gasteiger partial charge < -0.3 is 38.7 Å². The average molecular weight is 470 g/mol. The van der Waals surface area contributed by atoms with Crippen LogP contribution >= 0.6 is 22.6 Å². The SMILES string of the molecule is [I-].[O-]C1=CC2=C(I)C=C3C[C@@]2(O1)[C@H]1CCCC[NH+]31. The maximum absolute atomic E-state index is 11.7. The number of rotatable bonds is 0. The van der Waals surface area contributed by atoms with Crippen molar-refractivity contribution >= 4 is 22.6 Å². The van der Waals surface area contributed by atoms with Crippen LogP contribution in [0.4, 0.5) is 0 Å². The molecule has 2 bridgehead atoms. The van der Waals surface area contributed by atoms with Crippen LogP contribution in [0.1, 0.15) is 25.7 Å². The van der Waals surface area contributed by atoms with Gasteiger partial charge in [0.2, 0.25) is 0 Å². The molecule has 18 heavy (non-hydrogen) atoms. The minimum Gasteiger partial charge on any atom is -1.00 e. The maximum Gasteiger partial charge on any atom is 0.112 e. The monoisotopic (exact) mass is 470 g/mol. The summed E-state index contributed by atoms with van der Waals surface area (Å²) < 4.78 is 6.97. The number of ether oxygens (including phenoxy) is 1. The Morgan fingerprint density at radius 2 is 2.22 bits per heavy atom. The van der Waals surface area contributed by atoms with Crippen molar-refractivity contribution in [2.75, 3.05) is 6.54 Å². The van der Waals surface area contributed by atoms with E-state index in [2.05, 4.69) is 28.7 Å². The summed E-state index contributed by atoms with van der Waals surface area (Å²) in [5.74, 6) is -0.143. The van der Waals surface area contributed by atoms with Gasteiger partial charge in [0.05, 0.1) is 12.5 Å². The van der Waals surface area contributed by atoms with Crippen molar-refractivity contribution in [3.05, 3.63) is 32.9 Å². The Morgan fingerprint density at radius 3 is 3.06 bits per heavy atom. The van der Waals surface area contributed by atoms with Gasteiger partial charge in [-0.3, -0.25) is 0 Å². The molecule has 0 aromatic heterocycles. The molecule has 2 fully saturated rings. The first kappa shape index (κ1) is 13.2. The Labute approximate surface area is 137 Å². The minimum atomic E-state index is -0.298. The maximum atomic E-state index is 11.7. The lowest BCUT2D eigenvalue weighted by Crippen LogP contribution is -3.14. The second-order valence-electron chi connectivity index (χ2n) is 5.39. The molecule has 4 aliphatic rings. The summed E-state index contributed by atoms with van der Waals surface area (Å²) in [5.41, 5.74) is 2.30. The highest BCUT2D eigenvalue weighted by Crippen LogP contribution is 2.49. The van der Waals surface area contributed by atoms with Crippen LogP contribution in [-0.4, -0.2) is 18.2 Å². The number of allylic oxidation sites excluding steroid dienone is 2. The zero-order chi connectivity index (χ0) is 11.6. The largest absolute Gasteiger partial charge is 1.00 e. The summed E-state index contributed by atoms with van der Waals surface area (Å²) in [5, 5.41) is 11.7. The van der Waals surface area contributed by atoms with Gasteiger partial charge in [-0.1, -0.05) is 0 Å². The molecule has 3 heterocycles. The number of quaternary nitrogens is 1. The minimum absolute atomic E-state index is 0. The molecule has 0 aromatic rings. The third-order valence-electron chi connectivity index (χ3n) is 4.60. The fraction of sp³-hybridized carbons (Fsp3) is 0.538. The fourth-order valence-electron chi connectivity index (χ4n) is 3.97. The van der Waals surface area contributed by atoms with E-state index in [0.717, 1.165) is 12.0 Å². The molecule has 0 amide bonds. The molecule has 1 N–H and O–H groups in total. The number of nitrogens with one attached hydrogen (secondary N) is 1. The van der Waals surface area contributed by atoms with Gasteiger partial charge in [-0.2, -0.15) is 0 Å². The first-order chi connectivity index (χ1) is 8.21. The topological polar surface area (TPSA) is 36.7 Å². The summed E-state index contributed by atoms with van der Waals surface area (Å²) in [7, 11) is 0. The lowest BCUT2D eigenvalue weighted by Gasteiger charge is -2.39. The van der Waals surface area contributed by atoms with Crippen molar-refractivity contribution in [2.45, 2.75) is 37.3 Å². The molecule has 2 saturated heterocycles. The van der Waals surface area contributed by atoms with Crippen molar-refractivity contribution in [3.8, 4) is 0 Å². The number of piperidine rings is 1. The quantitative estimate of drug-likeness (QED) is 0.395. The number of hydrogen-bond donors (Lipinski definition) is 1. The van der Waals surface area contributed by atoms with E-state index in [9.17, 15) is 5.11 Å². The van der Waals surface area contributed by atoms with Crippen LogP contribution in [0.25, 0.3) is 0 Å². The van der Waals surface area contributed by atoms with E-state index < -0.39 is 0 Å². The van der Waals surface area contributed by atoms with Gasteiger partial charge in [0, 0.05) is 22.5 Å². The highest BCUT2D eigenvalue weighted by molar-refractivity contribution is 14.1. The smallest absolute Gasteiger partial charge is 0.112 e. The van der Waals surface area contributed by atoms with E-state index >= 15 is 0 Å². The molecule has 5 heteroatoms. The molecule has 1 aliphatic carbocycles. The fourth-order valence-corrected chi connectivity index (χ4v) is 4.96. The molecule has 98 valence electrons. The van der Waals surface area contributed by atoms with Gasteiger partial charge in [0.25, 0.3) is 0 Å². The van der Waals surface area contributed by atoms with Crippen LogP contribution in [-0.2, 0) is 4.74 Å². The van der Waals surface area contributed by atoms with Crippen molar-refractivity contribution in [1.29, 1.82) is 0 Å². The van der Waals surface area contributed by atoms with E-state index in [-0.39, 0.29) is 35.5 Å². The lowest BCUT2D eigenvalue weighted by atomic mass is 9.81. The summed E-state index contributed by atoms with van der Waals surface area (Å²) in [6, 6.07) is 0.465. The molecular formula is C13H14I2NO2-. The third kappa shape index (κ3) is 1.56. The van der Waals surface area contributed by atoms with E-state index in [1.807, 2.05) is 0 Å². The summed E-state index contributed by atoms with van der Waals surface area (Å²) in [4.78, 5) is 1.57. The zero-order valence-corrected chi connectivity index (χ0v) is 14.2. The normalized spacial score (nSPS) is 40.3. The van der Waals surface area contributed by atoms with Crippen molar-refractivity contribution < 1.29 is 38.7 Å². The average Bonchev–Trinajstić information content (AvgIpc) is 2.79. The first-order valence-electron chi connectivity index (χ1n) is 6.25. The summed E-state index contributed by atoms with van der Waals surface area (Å²) in [6.45, 7) is 1.20. The van der Waals surface area contributed by atoms with Crippen molar-refractivity contribution in [1.82, 2.24) is 0 Å². The van der Waals surface area contributed by atoms with Gasteiger partial charge in [-0.25, -0.2) is 0 Å². The van der Waals surface area contributed by atoms with Crippen LogP contribution in [0.2, 0.25) is 0 Å². The molecule has 1 unspecified atom stereocenters. The Morgan fingerprint density at radius 1 is 1.39 bits per heavy atom. The van der Waals surface area contributed by atoms with Crippen LogP contribution in [0, 0.1) is 0 Å². The van der Waals surface area contributed by atoms with E-state index in [1.54, 1.807) is 11.0 Å². The van der Waals surface area contributed by atoms with Crippen LogP contribution in [0.3, 0.4) is 0 Å². The Balaban J connectivity index is 0.000001000. The predicted molar refractivity (Wildman–Crippen MR) is 69.1 cm³/mol. The first-order valence-corrected chi connectivity index (χ1v) is 7.33. The molecule has 4 rings (SSSR count). The molecule has 0 aromatic carbocycles. The van der Waals surface area contributed by atoms with Crippen molar-refractivity contribution in [3.63, 3.8) is 0 Å². The van der Waals surface area contributed by atoms with E-state index in [1.165, 1.54) is 35.1 Å². The standard InChI is InChI=1S/C13H14INO2.HI/c14-10-5-8-7-13(9(10)6-12(16)17-13)11-3-1-2-4-15(8)11;/h5-6,11,16H,1-4,7H2;1H/p-1/t11-,13+;/m1./s1. The highest BCUT2D eigenvalue weighted by atomic mass is 127. The molecule has 3 aliphatic heterocycles. The molecule has 3 nitrogen and oxygen atoms in total. The van der Waals surface area contributed by atoms with Gasteiger partial charge in [0.1, 0.15) is 17.3 Å². The van der Waals surface area contributed by atoms with Crippen molar-refractivity contribution in [2.24, 2.45) is 0 Å². The van der Waals surface area contributed by atoms with Gasteiger partial charge in [-0.15, -0.1) is 0 Å². The van der Waals surface area contributed by atoms with Crippen LogP contribution in [0.15, 0.2) is 32.9 Å². The van der Waals surface area contributed by atoms with Crippen LogP contribution in [0.5, 0.6) is 0 Å². The second-order valence-corrected chi connectivity index (χ2v) is 6.55. The molecule has 0 radical (unpaired) electrons. The van der Waals surface area contributed by atoms with Gasteiger partial charge in [0.15, 0.2) is 0 Å². The Kier molecular flexibility index (Phi) is 3.22. The summed E-state index contributed by atoms with van der Waals surface area (Å²) >= 11 is 2.35. The van der Waals surface area contributed by atoms with E-state index in [4.69, 9.17) is 4.74 Å². The predicted octanol–water partition coefficient (Wildman–Crippen LogP) is -2.61. The molecular weight excluding hydrogens is 456 g/mol. The molecule has 3 atom stereocenters. The van der Waals surface area contributed by atoms with Crippen LogP contribution < -0.4 is 34.0 Å². The second kappa shape index (κ2) is 4.37.